The molecule has 126 valence electrons. The molecule has 24 heavy (non-hydrogen) atoms. The summed E-state index contributed by atoms with van der Waals surface area (Å²) in [7, 11) is 0. The van der Waals surface area contributed by atoms with Gasteiger partial charge in [-0.25, -0.2) is 13.6 Å². The number of nitrogens with one attached hydrogen (secondary N) is 1. The number of amides is 1. The van der Waals surface area contributed by atoms with Gasteiger partial charge in [-0.1, -0.05) is 18.2 Å². The molecule has 0 aromatic heterocycles. The van der Waals surface area contributed by atoms with Crippen molar-refractivity contribution in [3.8, 4) is 0 Å². The first-order valence-corrected chi connectivity index (χ1v) is 8.11. The standard InChI is InChI=1S/C17H15F2NO3S/c18-14-7-6-12(10-15(14)19)17(22)23-11-16(21)20-8-9-24-13-4-2-1-3-5-13/h1-7,10H,8-9,11H2,(H,20,21). The van der Waals surface area contributed by atoms with Crippen LogP contribution < -0.4 is 5.32 Å². The molecule has 7 heteroatoms. The lowest BCUT2D eigenvalue weighted by Crippen LogP contribution is -2.30. The summed E-state index contributed by atoms with van der Waals surface area (Å²) in [5.41, 5.74) is -0.152. The summed E-state index contributed by atoms with van der Waals surface area (Å²) >= 11 is 1.59. The van der Waals surface area contributed by atoms with E-state index < -0.39 is 30.1 Å². The van der Waals surface area contributed by atoms with E-state index in [0.29, 0.717) is 12.3 Å². The van der Waals surface area contributed by atoms with Gasteiger partial charge in [-0.15, -0.1) is 11.8 Å². The van der Waals surface area contributed by atoms with Crippen LogP contribution in [0.3, 0.4) is 0 Å². The SMILES string of the molecule is O=C(COC(=O)c1ccc(F)c(F)c1)NCCSc1ccccc1. The van der Waals surface area contributed by atoms with E-state index in [0.717, 1.165) is 23.1 Å². The van der Waals surface area contributed by atoms with Gasteiger partial charge in [-0.2, -0.15) is 0 Å². The van der Waals surface area contributed by atoms with Gasteiger partial charge in [0.2, 0.25) is 0 Å². The van der Waals surface area contributed by atoms with Crippen molar-refractivity contribution in [1.29, 1.82) is 0 Å². The molecule has 0 saturated heterocycles. The van der Waals surface area contributed by atoms with E-state index in [4.69, 9.17) is 4.74 Å². The van der Waals surface area contributed by atoms with Crippen molar-refractivity contribution in [3.63, 3.8) is 0 Å². The van der Waals surface area contributed by atoms with Crippen LogP contribution in [-0.2, 0) is 9.53 Å². The minimum absolute atomic E-state index is 0.152. The van der Waals surface area contributed by atoms with E-state index in [9.17, 15) is 18.4 Å². The molecular weight excluding hydrogens is 336 g/mol. The quantitative estimate of drug-likeness (QED) is 0.473. The Kier molecular flexibility index (Phi) is 6.74. The van der Waals surface area contributed by atoms with Crippen molar-refractivity contribution in [2.24, 2.45) is 0 Å². The molecule has 0 spiro atoms. The Bertz CT molecular complexity index is 710. The summed E-state index contributed by atoms with van der Waals surface area (Å²) in [4.78, 5) is 24.3. The zero-order valence-electron chi connectivity index (χ0n) is 12.6. The van der Waals surface area contributed by atoms with Crippen LogP contribution in [0.4, 0.5) is 8.78 Å². The molecule has 0 unspecified atom stereocenters. The molecule has 1 N–H and O–H groups in total. The van der Waals surface area contributed by atoms with Crippen molar-refractivity contribution >= 4 is 23.6 Å². The highest BCUT2D eigenvalue weighted by Crippen LogP contribution is 2.15. The lowest BCUT2D eigenvalue weighted by Gasteiger charge is -2.07. The van der Waals surface area contributed by atoms with Crippen molar-refractivity contribution in [3.05, 3.63) is 65.7 Å². The third-order valence-corrected chi connectivity index (χ3v) is 3.94. The Morgan fingerprint density at radius 1 is 1.04 bits per heavy atom. The number of benzene rings is 2. The predicted octanol–water partition coefficient (Wildman–Crippen LogP) is 3.03. The molecule has 2 aromatic carbocycles. The fourth-order valence-corrected chi connectivity index (χ4v) is 2.55. The van der Waals surface area contributed by atoms with Crippen LogP contribution in [0.2, 0.25) is 0 Å². The van der Waals surface area contributed by atoms with E-state index in [1.165, 1.54) is 0 Å². The van der Waals surface area contributed by atoms with Gasteiger partial charge in [-0.05, 0) is 30.3 Å². The number of carbonyl (C=O) groups is 2. The summed E-state index contributed by atoms with van der Waals surface area (Å²) in [6.07, 6.45) is 0. The van der Waals surface area contributed by atoms with Gasteiger partial charge in [0.05, 0.1) is 5.56 Å². The fraction of sp³-hybridized carbons (Fsp3) is 0.176. The van der Waals surface area contributed by atoms with Gasteiger partial charge < -0.3 is 10.1 Å². The van der Waals surface area contributed by atoms with E-state index >= 15 is 0 Å². The average molecular weight is 351 g/mol. The number of carbonyl (C=O) groups excluding carboxylic acids is 2. The van der Waals surface area contributed by atoms with Crippen molar-refractivity contribution in [1.82, 2.24) is 5.32 Å². The molecule has 0 aliphatic heterocycles. The molecule has 1 amide bonds. The summed E-state index contributed by atoms with van der Waals surface area (Å²) in [6, 6.07) is 12.4. The third-order valence-electron chi connectivity index (χ3n) is 2.93. The highest BCUT2D eigenvalue weighted by molar-refractivity contribution is 7.99. The predicted molar refractivity (Wildman–Crippen MR) is 86.8 cm³/mol. The topological polar surface area (TPSA) is 55.4 Å². The normalized spacial score (nSPS) is 10.2. The number of rotatable bonds is 7. The second-order valence-corrected chi connectivity index (χ2v) is 5.88. The van der Waals surface area contributed by atoms with Gasteiger partial charge in [0.25, 0.3) is 5.91 Å². The van der Waals surface area contributed by atoms with Gasteiger partial charge in [-0.3, -0.25) is 4.79 Å². The van der Waals surface area contributed by atoms with Gasteiger partial charge in [0.1, 0.15) is 0 Å². The zero-order valence-corrected chi connectivity index (χ0v) is 13.4. The Labute approximate surface area is 142 Å². The summed E-state index contributed by atoms with van der Waals surface area (Å²) < 4.78 is 30.6. The molecule has 0 heterocycles. The molecule has 0 bridgehead atoms. The first-order chi connectivity index (χ1) is 11.6. The van der Waals surface area contributed by atoms with Gasteiger partial charge >= 0.3 is 5.97 Å². The number of ether oxygens (including phenoxy) is 1. The van der Waals surface area contributed by atoms with Crippen molar-refractivity contribution < 1.29 is 23.1 Å². The Morgan fingerprint density at radius 2 is 1.79 bits per heavy atom. The Morgan fingerprint density at radius 3 is 2.50 bits per heavy atom. The van der Waals surface area contributed by atoms with Crippen LogP contribution in [0.25, 0.3) is 0 Å². The minimum Gasteiger partial charge on any atom is -0.452 e. The third kappa shape index (κ3) is 5.66. The Balaban J connectivity index is 1.67. The maximum atomic E-state index is 13.0. The van der Waals surface area contributed by atoms with E-state index in [1.807, 2.05) is 30.3 Å². The van der Waals surface area contributed by atoms with E-state index in [-0.39, 0.29) is 5.56 Å². The molecule has 4 nitrogen and oxygen atoms in total. The van der Waals surface area contributed by atoms with Crippen molar-refractivity contribution in [2.45, 2.75) is 4.90 Å². The number of hydrogen-bond acceptors (Lipinski definition) is 4. The highest BCUT2D eigenvalue weighted by atomic mass is 32.2. The fourth-order valence-electron chi connectivity index (χ4n) is 1.76. The van der Waals surface area contributed by atoms with Crippen molar-refractivity contribution in [2.75, 3.05) is 18.9 Å². The monoisotopic (exact) mass is 351 g/mol. The number of halogens is 2. The largest absolute Gasteiger partial charge is 0.452 e. The molecule has 0 aliphatic carbocycles. The maximum Gasteiger partial charge on any atom is 0.338 e. The summed E-state index contributed by atoms with van der Waals surface area (Å²) in [6.45, 7) is -0.0606. The van der Waals surface area contributed by atoms with Crippen LogP contribution in [-0.4, -0.2) is 30.8 Å². The zero-order chi connectivity index (χ0) is 17.4. The van der Waals surface area contributed by atoms with Crippen LogP contribution in [0.5, 0.6) is 0 Å². The number of thioether (sulfide) groups is 1. The maximum absolute atomic E-state index is 13.0. The van der Waals surface area contributed by atoms with Gasteiger partial charge in [0.15, 0.2) is 18.2 Å². The smallest absolute Gasteiger partial charge is 0.338 e. The first-order valence-electron chi connectivity index (χ1n) is 7.13. The van der Waals surface area contributed by atoms with Crippen LogP contribution >= 0.6 is 11.8 Å². The average Bonchev–Trinajstić information content (AvgIpc) is 2.60. The molecule has 0 atom stereocenters. The number of esters is 1. The lowest BCUT2D eigenvalue weighted by molar-refractivity contribution is -0.124. The second-order valence-electron chi connectivity index (χ2n) is 4.72. The summed E-state index contributed by atoms with van der Waals surface area (Å²) in [5.74, 6) is -2.87. The lowest BCUT2D eigenvalue weighted by atomic mass is 10.2. The Hall–Kier alpha value is -2.41. The van der Waals surface area contributed by atoms with Crippen LogP contribution in [0.15, 0.2) is 53.4 Å². The first kappa shape index (κ1) is 17.9. The molecule has 2 rings (SSSR count). The van der Waals surface area contributed by atoms with E-state index in [1.54, 1.807) is 11.8 Å². The molecule has 0 aliphatic rings. The van der Waals surface area contributed by atoms with Gasteiger partial charge in [0, 0.05) is 17.2 Å². The van der Waals surface area contributed by atoms with E-state index in [2.05, 4.69) is 5.32 Å². The van der Waals surface area contributed by atoms with Crippen LogP contribution in [0.1, 0.15) is 10.4 Å². The summed E-state index contributed by atoms with van der Waals surface area (Å²) in [5, 5.41) is 2.61. The molecular formula is C17H15F2NO3S. The minimum atomic E-state index is -1.15. The molecule has 0 radical (unpaired) electrons. The molecule has 0 saturated carbocycles. The molecule has 0 fully saturated rings. The highest BCUT2D eigenvalue weighted by Gasteiger charge is 2.12. The second kappa shape index (κ2) is 9.02. The number of hydrogen-bond donors (Lipinski definition) is 1. The van der Waals surface area contributed by atoms with Crippen LogP contribution in [0, 0.1) is 11.6 Å². The molecule has 2 aromatic rings.